The number of carbonyl (C=O) groups excluding carboxylic acids is 1. The smallest absolute Gasteiger partial charge is 0.251 e. The maximum atomic E-state index is 12.0. The molecule has 4 N–H and O–H groups in total. The highest BCUT2D eigenvalue weighted by molar-refractivity contribution is 5.94. The molecule has 7 heteroatoms. The number of hydrogen-bond donors (Lipinski definition) is 4. The largest absolute Gasteiger partial charge is 0.508 e. The van der Waals surface area contributed by atoms with Crippen LogP contribution in [0.1, 0.15) is 29.3 Å². The fraction of sp³-hybridized carbons (Fsp3) is 0.364. The van der Waals surface area contributed by atoms with Gasteiger partial charge in [-0.05, 0) is 55.7 Å². The molecule has 156 valence electrons. The predicted molar refractivity (Wildman–Crippen MR) is 116 cm³/mol. The summed E-state index contributed by atoms with van der Waals surface area (Å²) in [7, 11) is 1.66. The van der Waals surface area contributed by atoms with Crippen molar-refractivity contribution < 1.29 is 14.6 Å². The number of aromatic hydroxyl groups is 1. The number of ether oxygens (including phenoxy) is 1. The first-order chi connectivity index (χ1) is 14.1. The van der Waals surface area contributed by atoms with Crippen molar-refractivity contribution in [2.24, 2.45) is 4.99 Å². The molecule has 29 heavy (non-hydrogen) atoms. The zero-order valence-electron chi connectivity index (χ0n) is 17.1. The molecule has 0 saturated heterocycles. The van der Waals surface area contributed by atoms with E-state index in [0.29, 0.717) is 18.7 Å². The summed E-state index contributed by atoms with van der Waals surface area (Å²) in [6.07, 6.45) is 1.61. The molecule has 1 amide bonds. The number of rotatable bonds is 10. The standard InChI is InChI=1S/C22H30N4O3/c1-3-23-22(26-15-12-17-8-10-20(29-2)11-9-17)25-14-5-13-24-21(28)18-6-4-7-19(27)16-18/h4,6-11,16,27H,3,5,12-15H2,1-2H3,(H,24,28)(H2,23,25,26). The minimum Gasteiger partial charge on any atom is -0.508 e. The summed E-state index contributed by atoms with van der Waals surface area (Å²) < 4.78 is 5.17. The summed E-state index contributed by atoms with van der Waals surface area (Å²) in [6.45, 7) is 4.69. The first-order valence-electron chi connectivity index (χ1n) is 9.84. The Morgan fingerprint density at radius 2 is 1.86 bits per heavy atom. The molecule has 0 aromatic heterocycles. The lowest BCUT2D eigenvalue weighted by molar-refractivity contribution is 0.0953. The van der Waals surface area contributed by atoms with Crippen LogP contribution in [0.4, 0.5) is 0 Å². The number of carbonyl (C=O) groups is 1. The van der Waals surface area contributed by atoms with Gasteiger partial charge in [0.1, 0.15) is 11.5 Å². The first kappa shape index (κ1) is 22.1. The van der Waals surface area contributed by atoms with Gasteiger partial charge in [-0.15, -0.1) is 0 Å². The van der Waals surface area contributed by atoms with Crippen LogP contribution in [0.3, 0.4) is 0 Å². The molecular weight excluding hydrogens is 368 g/mol. The number of benzene rings is 2. The van der Waals surface area contributed by atoms with Crippen molar-refractivity contribution in [3.8, 4) is 11.5 Å². The normalized spacial score (nSPS) is 11.0. The maximum Gasteiger partial charge on any atom is 0.251 e. The SMILES string of the molecule is CCNC(=NCCCNC(=O)c1cccc(O)c1)NCCc1ccc(OC)cc1. The molecule has 2 rings (SSSR count). The number of guanidine groups is 1. The van der Waals surface area contributed by atoms with Crippen LogP contribution in [0.15, 0.2) is 53.5 Å². The summed E-state index contributed by atoms with van der Waals surface area (Å²) in [5.74, 6) is 1.50. The van der Waals surface area contributed by atoms with Crippen molar-refractivity contribution >= 4 is 11.9 Å². The highest BCUT2D eigenvalue weighted by Crippen LogP contribution is 2.11. The molecule has 0 atom stereocenters. The molecule has 0 aliphatic heterocycles. The number of nitrogens with zero attached hydrogens (tertiary/aromatic N) is 1. The number of phenolic OH excluding ortho intramolecular Hbond substituents is 1. The average molecular weight is 399 g/mol. The highest BCUT2D eigenvalue weighted by Gasteiger charge is 2.05. The van der Waals surface area contributed by atoms with Gasteiger partial charge in [-0.25, -0.2) is 0 Å². The van der Waals surface area contributed by atoms with E-state index in [2.05, 4.69) is 33.1 Å². The minimum atomic E-state index is -0.200. The Kier molecular flexibility index (Phi) is 9.35. The Morgan fingerprint density at radius 1 is 1.07 bits per heavy atom. The van der Waals surface area contributed by atoms with E-state index < -0.39 is 0 Å². The predicted octanol–water partition coefficient (Wildman–Crippen LogP) is 2.32. The van der Waals surface area contributed by atoms with Crippen molar-refractivity contribution in [2.45, 2.75) is 19.8 Å². The second kappa shape index (κ2) is 12.3. The lowest BCUT2D eigenvalue weighted by atomic mass is 10.1. The van der Waals surface area contributed by atoms with Gasteiger partial charge in [-0.2, -0.15) is 0 Å². The maximum absolute atomic E-state index is 12.0. The first-order valence-corrected chi connectivity index (χ1v) is 9.84. The van der Waals surface area contributed by atoms with E-state index in [1.807, 2.05) is 19.1 Å². The monoisotopic (exact) mass is 398 g/mol. The van der Waals surface area contributed by atoms with Crippen LogP contribution in [0, 0.1) is 0 Å². The number of methoxy groups -OCH3 is 1. The Morgan fingerprint density at radius 3 is 2.55 bits per heavy atom. The molecule has 0 aliphatic carbocycles. The summed E-state index contributed by atoms with van der Waals surface area (Å²) in [6, 6.07) is 14.3. The van der Waals surface area contributed by atoms with Gasteiger partial charge in [0.15, 0.2) is 5.96 Å². The van der Waals surface area contributed by atoms with Crippen molar-refractivity contribution in [3.05, 3.63) is 59.7 Å². The quantitative estimate of drug-likeness (QED) is 0.280. The van der Waals surface area contributed by atoms with Crippen molar-refractivity contribution in [2.75, 3.05) is 33.3 Å². The van der Waals surface area contributed by atoms with Crippen LogP contribution in [-0.2, 0) is 6.42 Å². The lowest BCUT2D eigenvalue weighted by Gasteiger charge is -2.11. The molecule has 0 fully saturated rings. The van der Waals surface area contributed by atoms with Crippen LogP contribution in [0.25, 0.3) is 0 Å². The highest BCUT2D eigenvalue weighted by atomic mass is 16.5. The second-order valence-electron chi connectivity index (χ2n) is 6.45. The Bertz CT molecular complexity index is 791. The molecule has 7 nitrogen and oxygen atoms in total. The van der Waals surface area contributed by atoms with E-state index in [1.54, 1.807) is 19.2 Å². The zero-order valence-corrected chi connectivity index (χ0v) is 17.1. The van der Waals surface area contributed by atoms with E-state index in [9.17, 15) is 9.90 Å². The Hall–Kier alpha value is -3.22. The van der Waals surface area contributed by atoms with Crippen LogP contribution in [-0.4, -0.2) is 50.3 Å². The molecule has 0 unspecified atom stereocenters. The van der Waals surface area contributed by atoms with E-state index >= 15 is 0 Å². The third-order valence-electron chi connectivity index (χ3n) is 4.21. The van der Waals surface area contributed by atoms with Gasteiger partial charge in [0.05, 0.1) is 7.11 Å². The van der Waals surface area contributed by atoms with Crippen molar-refractivity contribution in [3.63, 3.8) is 0 Å². The number of amides is 1. The number of phenols is 1. The Balaban J connectivity index is 1.70. The minimum absolute atomic E-state index is 0.0817. The number of aliphatic imine (C=N–C) groups is 1. The topological polar surface area (TPSA) is 95.0 Å². The fourth-order valence-electron chi connectivity index (χ4n) is 2.68. The van der Waals surface area contributed by atoms with Crippen LogP contribution < -0.4 is 20.7 Å². The summed E-state index contributed by atoms with van der Waals surface area (Å²) in [5, 5.41) is 18.8. The third kappa shape index (κ3) is 8.13. The van der Waals surface area contributed by atoms with Gasteiger partial charge in [-0.1, -0.05) is 18.2 Å². The molecule has 2 aromatic rings. The van der Waals surface area contributed by atoms with Gasteiger partial charge in [0.25, 0.3) is 5.91 Å². The van der Waals surface area contributed by atoms with E-state index in [4.69, 9.17) is 4.74 Å². The molecular formula is C22H30N4O3. The van der Waals surface area contributed by atoms with Crippen LogP contribution >= 0.6 is 0 Å². The molecule has 0 spiro atoms. The zero-order chi connectivity index (χ0) is 20.9. The molecule has 0 radical (unpaired) electrons. The molecule has 0 saturated carbocycles. The summed E-state index contributed by atoms with van der Waals surface area (Å²) in [5.41, 5.74) is 1.67. The fourth-order valence-corrected chi connectivity index (χ4v) is 2.68. The lowest BCUT2D eigenvalue weighted by Crippen LogP contribution is -2.38. The average Bonchev–Trinajstić information content (AvgIpc) is 2.73. The van der Waals surface area contributed by atoms with Crippen LogP contribution in [0.5, 0.6) is 11.5 Å². The number of nitrogens with one attached hydrogen (secondary N) is 3. The van der Waals surface area contributed by atoms with Gasteiger partial charge in [-0.3, -0.25) is 9.79 Å². The molecule has 0 aliphatic rings. The Labute approximate surface area is 172 Å². The molecule has 0 bridgehead atoms. The van der Waals surface area contributed by atoms with Gasteiger partial charge in [0.2, 0.25) is 0 Å². The summed E-state index contributed by atoms with van der Waals surface area (Å²) >= 11 is 0. The van der Waals surface area contributed by atoms with Gasteiger partial charge in [0, 0.05) is 31.7 Å². The number of hydrogen-bond acceptors (Lipinski definition) is 4. The van der Waals surface area contributed by atoms with E-state index in [1.165, 1.54) is 17.7 Å². The molecule has 0 heterocycles. The third-order valence-corrected chi connectivity index (χ3v) is 4.21. The molecule has 2 aromatic carbocycles. The van der Waals surface area contributed by atoms with Crippen LogP contribution in [0.2, 0.25) is 0 Å². The van der Waals surface area contributed by atoms with E-state index in [0.717, 1.165) is 37.6 Å². The summed E-state index contributed by atoms with van der Waals surface area (Å²) in [4.78, 5) is 16.6. The van der Waals surface area contributed by atoms with Crippen molar-refractivity contribution in [1.82, 2.24) is 16.0 Å². The second-order valence-corrected chi connectivity index (χ2v) is 6.45. The van der Waals surface area contributed by atoms with Gasteiger partial charge < -0.3 is 25.8 Å². The van der Waals surface area contributed by atoms with Crippen molar-refractivity contribution in [1.29, 1.82) is 0 Å². The van der Waals surface area contributed by atoms with Gasteiger partial charge >= 0.3 is 0 Å². The van der Waals surface area contributed by atoms with E-state index in [-0.39, 0.29) is 11.7 Å².